The van der Waals surface area contributed by atoms with E-state index in [1.807, 2.05) is 0 Å². The van der Waals surface area contributed by atoms with Crippen LogP contribution >= 0.6 is 24.0 Å². The molecule has 2 heterocycles. The molecule has 2 N–H and O–H groups in total. The Morgan fingerprint density at radius 2 is 2.19 bits per heavy atom. The summed E-state index contributed by atoms with van der Waals surface area (Å²) in [5.41, 5.74) is 0.548. The minimum absolute atomic E-state index is 0. The molecule has 118 valence electrons. The van der Waals surface area contributed by atoms with E-state index in [2.05, 4.69) is 20.6 Å². The van der Waals surface area contributed by atoms with Crippen molar-refractivity contribution in [3.8, 4) is 5.88 Å². The van der Waals surface area contributed by atoms with Crippen LogP contribution < -0.4 is 15.4 Å². The molecule has 1 aliphatic rings. The minimum atomic E-state index is -4.38. The minimum Gasteiger partial charge on any atom is -0.468 e. The smallest absolute Gasteiger partial charge is 0.422 e. The lowest BCUT2D eigenvalue weighted by atomic mass is 10.2. The Morgan fingerprint density at radius 3 is 2.86 bits per heavy atom. The summed E-state index contributed by atoms with van der Waals surface area (Å²) >= 11 is 0. The lowest BCUT2D eigenvalue weighted by molar-refractivity contribution is -0.154. The van der Waals surface area contributed by atoms with Gasteiger partial charge in [0.1, 0.15) is 0 Å². The molecule has 21 heavy (non-hydrogen) atoms. The lowest BCUT2D eigenvalue weighted by Gasteiger charge is -2.17. The molecule has 0 unspecified atom stereocenters. The summed E-state index contributed by atoms with van der Waals surface area (Å²) in [6, 6.07) is 3.31. The number of alkyl halides is 3. The number of pyridine rings is 1. The van der Waals surface area contributed by atoms with Crippen molar-refractivity contribution in [1.82, 2.24) is 15.6 Å². The van der Waals surface area contributed by atoms with Gasteiger partial charge in [-0.3, -0.25) is 4.99 Å². The third-order valence-electron chi connectivity index (χ3n) is 2.57. The second kappa shape index (κ2) is 8.25. The average molecular weight is 416 g/mol. The highest BCUT2D eigenvalue weighted by Gasteiger charge is 2.29. The maximum Gasteiger partial charge on any atom is 0.422 e. The van der Waals surface area contributed by atoms with Crippen LogP contribution in [0.1, 0.15) is 12.0 Å². The fourth-order valence-corrected chi connectivity index (χ4v) is 1.67. The van der Waals surface area contributed by atoms with Crippen molar-refractivity contribution < 1.29 is 17.9 Å². The Hall–Kier alpha value is -1.26. The Kier molecular flexibility index (Phi) is 6.99. The molecule has 1 aliphatic heterocycles. The first-order valence-corrected chi connectivity index (χ1v) is 6.20. The van der Waals surface area contributed by atoms with Crippen LogP contribution in [0.25, 0.3) is 0 Å². The monoisotopic (exact) mass is 416 g/mol. The van der Waals surface area contributed by atoms with Crippen molar-refractivity contribution in [3.05, 3.63) is 23.9 Å². The summed E-state index contributed by atoms with van der Waals surface area (Å²) in [5.74, 6) is 0.621. The van der Waals surface area contributed by atoms with E-state index in [4.69, 9.17) is 4.74 Å². The van der Waals surface area contributed by atoms with Crippen molar-refractivity contribution in [2.75, 3.05) is 19.7 Å². The molecular weight excluding hydrogens is 400 g/mol. The molecule has 0 bridgehead atoms. The van der Waals surface area contributed by atoms with E-state index < -0.39 is 12.8 Å². The number of hydrogen-bond donors (Lipinski definition) is 2. The van der Waals surface area contributed by atoms with Crippen LogP contribution in [0.2, 0.25) is 0 Å². The second-order valence-electron chi connectivity index (χ2n) is 4.24. The maximum atomic E-state index is 12.2. The summed E-state index contributed by atoms with van der Waals surface area (Å²) in [6.07, 6.45) is -2.01. The summed E-state index contributed by atoms with van der Waals surface area (Å²) in [7, 11) is 0. The van der Waals surface area contributed by atoms with Gasteiger partial charge < -0.3 is 15.4 Å². The summed E-state index contributed by atoms with van der Waals surface area (Å²) in [4.78, 5) is 8.04. The number of nitrogens with one attached hydrogen (secondary N) is 2. The van der Waals surface area contributed by atoms with Crippen LogP contribution in [-0.2, 0) is 6.54 Å². The number of rotatable bonds is 4. The molecule has 0 fully saturated rings. The Morgan fingerprint density at radius 1 is 1.38 bits per heavy atom. The van der Waals surface area contributed by atoms with Crippen LogP contribution in [0.4, 0.5) is 13.2 Å². The number of hydrogen-bond acceptors (Lipinski definition) is 5. The normalized spacial score (nSPS) is 14.5. The van der Waals surface area contributed by atoms with Crippen molar-refractivity contribution in [2.45, 2.75) is 19.1 Å². The van der Waals surface area contributed by atoms with Crippen LogP contribution in [0.15, 0.2) is 23.3 Å². The van der Waals surface area contributed by atoms with Gasteiger partial charge in [0.05, 0.1) is 0 Å². The van der Waals surface area contributed by atoms with Crippen LogP contribution in [0, 0.1) is 0 Å². The second-order valence-corrected chi connectivity index (χ2v) is 4.24. The van der Waals surface area contributed by atoms with Crippen molar-refractivity contribution in [3.63, 3.8) is 0 Å². The molecule has 0 radical (unpaired) electrons. The van der Waals surface area contributed by atoms with E-state index in [9.17, 15) is 13.2 Å². The van der Waals surface area contributed by atoms with Gasteiger partial charge in [0.15, 0.2) is 12.6 Å². The highest BCUT2D eigenvalue weighted by atomic mass is 127. The zero-order chi connectivity index (χ0) is 14.4. The Labute approximate surface area is 137 Å². The number of guanidine groups is 1. The standard InChI is InChI=1S/C12H15F3N4O.HI/c13-12(14,15)8-20-10-9(3-1-4-16-10)7-19-11-17-5-2-6-18-11;/h1,3-4H,2,5-8H2,(H2,17,18,19);1H. The third kappa shape index (κ3) is 6.36. The van der Waals surface area contributed by atoms with Crippen molar-refractivity contribution >= 4 is 29.9 Å². The fraction of sp³-hybridized carbons (Fsp3) is 0.500. The van der Waals surface area contributed by atoms with Gasteiger partial charge in [-0.25, -0.2) is 4.98 Å². The highest BCUT2D eigenvalue weighted by Crippen LogP contribution is 2.19. The highest BCUT2D eigenvalue weighted by molar-refractivity contribution is 14.0. The number of aliphatic imine (C=N–C) groups is 1. The van der Waals surface area contributed by atoms with Gasteiger partial charge in [-0.15, -0.1) is 24.0 Å². The molecule has 1 aromatic heterocycles. The number of aromatic nitrogens is 1. The average Bonchev–Trinajstić information content (AvgIpc) is 2.44. The summed E-state index contributed by atoms with van der Waals surface area (Å²) in [6.45, 7) is 0.513. The predicted molar refractivity (Wildman–Crippen MR) is 83.0 cm³/mol. The van der Waals surface area contributed by atoms with Gasteiger partial charge in [0.25, 0.3) is 0 Å². The molecule has 0 saturated carbocycles. The van der Waals surface area contributed by atoms with Gasteiger partial charge in [-0.1, -0.05) is 6.07 Å². The first-order chi connectivity index (χ1) is 9.54. The predicted octanol–water partition coefficient (Wildman–Crippen LogP) is 2.08. The molecule has 0 saturated heterocycles. The van der Waals surface area contributed by atoms with E-state index in [-0.39, 0.29) is 29.9 Å². The largest absolute Gasteiger partial charge is 0.468 e. The molecule has 1 aromatic rings. The van der Waals surface area contributed by atoms with Crippen LogP contribution in [0.5, 0.6) is 5.88 Å². The van der Waals surface area contributed by atoms with Crippen molar-refractivity contribution in [2.24, 2.45) is 4.99 Å². The Bertz CT molecular complexity index is 482. The van der Waals surface area contributed by atoms with Gasteiger partial charge in [-0.05, 0) is 12.5 Å². The number of halogens is 4. The van der Waals surface area contributed by atoms with E-state index in [0.717, 1.165) is 19.5 Å². The fourth-order valence-electron chi connectivity index (χ4n) is 1.67. The first-order valence-electron chi connectivity index (χ1n) is 6.20. The number of ether oxygens (including phenoxy) is 1. The van der Waals surface area contributed by atoms with Crippen LogP contribution in [0.3, 0.4) is 0 Å². The third-order valence-corrected chi connectivity index (χ3v) is 2.57. The van der Waals surface area contributed by atoms with E-state index in [0.29, 0.717) is 18.1 Å². The van der Waals surface area contributed by atoms with Gasteiger partial charge in [0, 0.05) is 31.4 Å². The van der Waals surface area contributed by atoms with E-state index >= 15 is 0 Å². The zero-order valence-electron chi connectivity index (χ0n) is 11.1. The molecule has 0 aliphatic carbocycles. The topological polar surface area (TPSA) is 58.5 Å². The van der Waals surface area contributed by atoms with Gasteiger partial charge >= 0.3 is 6.18 Å². The maximum absolute atomic E-state index is 12.2. The Balaban J connectivity index is 0.00000220. The lowest BCUT2D eigenvalue weighted by Crippen LogP contribution is -2.40. The van der Waals surface area contributed by atoms with Gasteiger partial charge in [-0.2, -0.15) is 13.2 Å². The zero-order valence-corrected chi connectivity index (χ0v) is 13.4. The summed E-state index contributed by atoms with van der Waals surface area (Å²) in [5, 5.41) is 6.08. The molecule has 0 amide bonds. The molecule has 5 nitrogen and oxygen atoms in total. The molecule has 0 spiro atoms. The molecule has 9 heteroatoms. The number of nitrogens with zero attached hydrogens (tertiary/aromatic N) is 2. The van der Waals surface area contributed by atoms with Crippen LogP contribution in [-0.4, -0.2) is 36.8 Å². The first kappa shape index (κ1) is 17.8. The summed E-state index contributed by atoms with van der Waals surface area (Å²) < 4.78 is 41.2. The van der Waals surface area contributed by atoms with Gasteiger partial charge in [0.2, 0.25) is 5.88 Å². The SMILES string of the molecule is FC(F)(F)COc1ncccc1CNC1=NCCCN1.I. The molecule has 2 rings (SSSR count). The molecule has 0 aromatic carbocycles. The molecular formula is C12H16F3IN4O. The quantitative estimate of drug-likeness (QED) is 0.739. The van der Waals surface area contributed by atoms with E-state index in [1.54, 1.807) is 12.1 Å². The van der Waals surface area contributed by atoms with Crippen molar-refractivity contribution in [1.29, 1.82) is 0 Å². The van der Waals surface area contributed by atoms with E-state index in [1.165, 1.54) is 6.20 Å². The molecule has 0 atom stereocenters.